The molecule has 2 heteroatoms. The fourth-order valence-electron chi connectivity index (χ4n) is 2.34. The summed E-state index contributed by atoms with van der Waals surface area (Å²) < 4.78 is 5.44. The van der Waals surface area contributed by atoms with Crippen molar-refractivity contribution in [2.45, 2.75) is 32.6 Å². The average Bonchev–Trinajstić information content (AvgIpc) is 2.64. The van der Waals surface area contributed by atoms with Gasteiger partial charge in [0.25, 0.3) is 0 Å². The van der Waals surface area contributed by atoms with Gasteiger partial charge in [0.15, 0.2) is 0 Å². The Kier molecular flexibility index (Phi) is 2.76. The van der Waals surface area contributed by atoms with Crippen LogP contribution in [0.2, 0.25) is 0 Å². The number of carbonyl (C=O) groups is 1. The molecule has 0 N–H and O–H groups in total. The van der Waals surface area contributed by atoms with E-state index in [2.05, 4.69) is 6.07 Å². The molecule has 0 aliphatic heterocycles. The molecule has 1 aliphatic carbocycles. The Morgan fingerprint density at radius 1 is 1.40 bits per heavy atom. The van der Waals surface area contributed by atoms with Crippen molar-refractivity contribution in [1.29, 1.82) is 0 Å². The molecule has 0 radical (unpaired) electrons. The second kappa shape index (κ2) is 4.05. The van der Waals surface area contributed by atoms with Gasteiger partial charge in [0, 0.05) is 12.0 Å². The fourth-order valence-corrected chi connectivity index (χ4v) is 2.34. The number of methoxy groups -OCH3 is 1. The first-order valence-corrected chi connectivity index (χ1v) is 5.39. The Hall–Kier alpha value is -1.31. The lowest BCUT2D eigenvalue weighted by molar-refractivity contribution is -0.116. The molecular weight excluding hydrogens is 188 g/mol. The van der Waals surface area contributed by atoms with E-state index in [-0.39, 0.29) is 5.78 Å². The Labute approximate surface area is 90.3 Å². The highest BCUT2D eigenvalue weighted by Gasteiger charge is 2.18. The van der Waals surface area contributed by atoms with Crippen molar-refractivity contribution in [2.75, 3.05) is 7.11 Å². The zero-order valence-electron chi connectivity index (χ0n) is 9.30. The molecule has 2 rings (SSSR count). The van der Waals surface area contributed by atoms with Gasteiger partial charge in [-0.15, -0.1) is 0 Å². The molecule has 2 nitrogen and oxygen atoms in total. The quantitative estimate of drug-likeness (QED) is 0.755. The molecule has 0 aromatic heterocycles. The third-order valence-corrected chi connectivity index (χ3v) is 2.96. The van der Waals surface area contributed by atoms with Gasteiger partial charge in [-0.1, -0.05) is 12.1 Å². The van der Waals surface area contributed by atoms with Crippen LogP contribution in [0.1, 0.15) is 30.0 Å². The van der Waals surface area contributed by atoms with E-state index in [4.69, 9.17) is 4.74 Å². The van der Waals surface area contributed by atoms with Crippen LogP contribution in [0.15, 0.2) is 12.1 Å². The maximum absolute atomic E-state index is 11.1. The van der Waals surface area contributed by atoms with Crippen molar-refractivity contribution in [3.8, 4) is 5.75 Å². The smallest absolute Gasteiger partial charge is 0.134 e. The molecule has 0 spiro atoms. The number of Topliss-reactive ketones (excluding diaryl/α,β-unsaturated/α-hetero) is 1. The summed E-state index contributed by atoms with van der Waals surface area (Å²) in [5, 5.41) is 0. The monoisotopic (exact) mass is 204 g/mol. The standard InChI is InChI=1S/C13H16O2/c1-9(14)8-11-7-6-10-4-3-5-12(10)13(11)15-2/h6-7H,3-5,8H2,1-2H3. The van der Waals surface area contributed by atoms with Crippen LogP contribution in [-0.2, 0) is 24.1 Å². The molecule has 0 fully saturated rings. The van der Waals surface area contributed by atoms with Crippen molar-refractivity contribution in [1.82, 2.24) is 0 Å². The van der Waals surface area contributed by atoms with E-state index in [1.807, 2.05) is 6.07 Å². The third kappa shape index (κ3) is 1.89. The van der Waals surface area contributed by atoms with Crippen molar-refractivity contribution in [2.24, 2.45) is 0 Å². The first kappa shape index (κ1) is 10.2. The van der Waals surface area contributed by atoms with Gasteiger partial charge in [-0.05, 0) is 37.3 Å². The predicted octanol–water partition coefficient (Wildman–Crippen LogP) is 2.32. The van der Waals surface area contributed by atoms with E-state index < -0.39 is 0 Å². The van der Waals surface area contributed by atoms with E-state index in [0.29, 0.717) is 6.42 Å². The summed E-state index contributed by atoms with van der Waals surface area (Å²) in [6, 6.07) is 4.17. The normalized spacial score (nSPS) is 13.7. The molecule has 0 saturated carbocycles. The molecule has 1 aromatic carbocycles. The highest BCUT2D eigenvalue weighted by Crippen LogP contribution is 2.33. The van der Waals surface area contributed by atoms with Gasteiger partial charge in [-0.2, -0.15) is 0 Å². The molecule has 0 heterocycles. The molecular formula is C13H16O2. The summed E-state index contributed by atoms with van der Waals surface area (Å²) in [6.07, 6.45) is 3.92. The Bertz CT molecular complexity index is 394. The predicted molar refractivity (Wildman–Crippen MR) is 59.4 cm³/mol. The van der Waals surface area contributed by atoms with Crippen LogP contribution in [0.4, 0.5) is 0 Å². The molecule has 0 atom stereocenters. The minimum Gasteiger partial charge on any atom is -0.496 e. The summed E-state index contributed by atoms with van der Waals surface area (Å²) in [5.41, 5.74) is 3.74. The van der Waals surface area contributed by atoms with Gasteiger partial charge in [0.1, 0.15) is 11.5 Å². The summed E-state index contributed by atoms with van der Waals surface area (Å²) in [6.45, 7) is 1.62. The summed E-state index contributed by atoms with van der Waals surface area (Å²) >= 11 is 0. The van der Waals surface area contributed by atoms with E-state index in [1.54, 1.807) is 14.0 Å². The fraction of sp³-hybridized carbons (Fsp3) is 0.462. The number of rotatable bonds is 3. The SMILES string of the molecule is COc1c(CC(C)=O)ccc2c1CCC2. The first-order valence-electron chi connectivity index (χ1n) is 5.39. The Balaban J connectivity index is 2.43. The number of ketones is 1. The zero-order valence-corrected chi connectivity index (χ0v) is 9.30. The third-order valence-electron chi connectivity index (χ3n) is 2.96. The first-order chi connectivity index (χ1) is 7.22. The number of carbonyl (C=O) groups excluding carboxylic acids is 1. The van der Waals surface area contributed by atoms with Crippen LogP contribution in [-0.4, -0.2) is 12.9 Å². The second-order valence-electron chi connectivity index (χ2n) is 4.13. The molecule has 1 aliphatic rings. The maximum atomic E-state index is 11.1. The number of hydrogen-bond donors (Lipinski definition) is 0. The van der Waals surface area contributed by atoms with Gasteiger partial charge in [0.05, 0.1) is 7.11 Å². The van der Waals surface area contributed by atoms with Gasteiger partial charge in [-0.25, -0.2) is 0 Å². The van der Waals surface area contributed by atoms with Gasteiger partial charge < -0.3 is 4.74 Å². The topological polar surface area (TPSA) is 26.3 Å². The number of aryl methyl sites for hydroxylation is 1. The molecule has 0 amide bonds. The summed E-state index contributed by atoms with van der Waals surface area (Å²) in [4.78, 5) is 11.1. The van der Waals surface area contributed by atoms with Crippen molar-refractivity contribution >= 4 is 5.78 Å². The highest BCUT2D eigenvalue weighted by molar-refractivity contribution is 5.79. The van der Waals surface area contributed by atoms with E-state index in [1.165, 1.54) is 17.5 Å². The maximum Gasteiger partial charge on any atom is 0.134 e. The van der Waals surface area contributed by atoms with E-state index in [0.717, 1.165) is 24.2 Å². The molecule has 0 bridgehead atoms. The van der Waals surface area contributed by atoms with Crippen molar-refractivity contribution in [3.63, 3.8) is 0 Å². The number of benzene rings is 1. The van der Waals surface area contributed by atoms with Crippen LogP contribution in [0.5, 0.6) is 5.75 Å². The minimum absolute atomic E-state index is 0.186. The summed E-state index contributed by atoms with van der Waals surface area (Å²) in [7, 11) is 1.69. The van der Waals surface area contributed by atoms with Crippen LogP contribution >= 0.6 is 0 Å². The van der Waals surface area contributed by atoms with Crippen LogP contribution in [0.25, 0.3) is 0 Å². The average molecular weight is 204 g/mol. The largest absolute Gasteiger partial charge is 0.496 e. The lowest BCUT2D eigenvalue weighted by atomic mass is 10.0. The van der Waals surface area contributed by atoms with Crippen LogP contribution in [0.3, 0.4) is 0 Å². The molecule has 0 unspecified atom stereocenters. The van der Waals surface area contributed by atoms with Crippen LogP contribution in [0, 0.1) is 0 Å². The molecule has 0 saturated heterocycles. The number of ether oxygens (including phenoxy) is 1. The van der Waals surface area contributed by atoms with Gasteiger partial charge >= 0.3 is 0 Å². The van der Waals surface area contributed by atoms with E-state index in [9.17, 15) is 4.79 Å². The molecule has 80 valence electrons. The minimum atomic E-state index is 0.186. The molecule has 15 heavy (non-hydrogen) atoms. The van der Waals surface area contributed by atoms with Gasteiger partial charge in [-0.3, -0.25) is 4.79 Å². The molecule has 1 aromatic rings. The Morgan fingerprint density at radius 3 is 2.87 bits per heavy atom. The second-order valence-corrected chi connectivity index (χ2v) is 4.13. The number of hydrogen-bond acceptors (Lipinski definition) is 2. The van der Waals surface area contributed by atoms with Crippen LogP contribution < -0.4 is 4.74 Å². The highest BCUT2D eigenvalue weighted by atomic mass is 16.5. The van der Waals surface area contributed by atoms with E-state index >= 15 is 0 Å². The number of fused-ring (bicyclic) bond motifs is 1. The van der Waals surface area contributed by atoms with Gasteiger partial charge in [0.2, 0.25) is 0 Å². The zero-order chi connectivity index (χ0) is 10.8. The summed E-state index contributed by atoms with van der Waals surface area (Å²) in [5.74, 6) is 1.13. The van der Waals surface area contributed by atoms with Crippen molar-refractivity contribution in [3.05, 3.63) is 28.8 Å². The van der Waals surface area contributed by atoms with Crippen molar-refractivity contribution < 1.29 is 9.53 Å². The lowest BCUT2D eigenvalue weighted by Crippen LogP contribution is -2.02. The Morgan fingerprint density at radius 2 is 2.20 bits per heavy atom. The lowest BCUT2D eigenvalue weighted by Gasteiger charge is -2.12.